The van der Waals surface area contributed by atoms with E-state index in [4.69, 9.17) is 19.2 Å². The number of aromatic nitrogens is 1. The summed E-state index contributed by atoms with van der Waals surface area (Å²) in [6.45, 7) is 9.50. The molecule has 0 fully saturated rings. The number of carbonyl (C=O) groups excluding carboxylic acids is 2. The lowest BCUT2D eigenvalue weighted by atomic mass is 10.0. The van der Waals surface area contributed by atoms with Crippen LogP contribution in [0.4, 0.5) is 0 Å². The van der Waals surface area contributed by atoms with Crippen LogP contribution in [0.3, 0.4) is 0 Å². The Morgan fingerprint density at radius 2 is 1.59 bits per heavy atom. The highest BCUT2D eigenvalue weighted by Crippen LogP contribution is 2.29. The lowest BCUT2D eigenvalue weighted by Crippen LogP contribution is -2.39. The summed E-state index contributed by atoms with van der Waals surface area (Å²) in [6.07, 6.45) is 0.899. The zero-order valence-electron chi connectivity index (χ0n) is 19.2. The molecule has 6 heteroatoms. The van der Waals surface area contributed by atoms with Gasteiger partial charge in [0.2, 0.25) is 0 Å². The summed E-state index contributed by atoms with van der Waals surface area (Å²) in [5, 5.41) is 0.896. The highest BCUT2D eigenvalue weighted by Gasteiger charge is 2.31. The SMILES string of the molecule is CCOC(=O)c1cc2cc(CC)ccc2nc1-c1ccc(OC(C)(C)C(=O)OCC)cc1. The van der Waals surface area contributed by atoms with Gasteiger partial charge < -0.3 is 14.2 Å². The Hall–Kier alpha value is -3.41. The quantitative estimate of drug-likeness (QED) is 0.443. The summed E-state index contributed by atoms with van der Waals surface area (Å²) in [6, 6.07) is 15.0. The number of esters is 2. The molecular weight excluding hydrogens is 406 g/mol. The first kappa shape index (κ1) is 23.3. The van der Waals surface area contributed by atoms with E-state index < -0.39 is 17.5 Å². The fourth-order valence-corrected chi connectivity index (χ4v) is 3.35. The molecule has 2 aromatic carbocycles. The third-order valence-corrected chi connectivity index (χ3v) is 5.05. The van der Waals surface area contributed by atoms with Crippen LogP contribution >= 0.6 is 0 Å². The van der Waals surface area contributed by atoms with Gasteiger partial charge in [-0.1, -0.05) is 13.0 Å². The largest absolute Gasteiger partial charge is 0.476 e. The molecule has 0 N–H and O–H groups in total. The number of hydrogen-bond donors (Lipinski definition) is 0. The van der Waals surface area contributed by atoms with Crippen molar-refractivity contribution in [3.05, 3.63) is 59.7 Å². The highest BCUT2D eigenvalue weighted by molar-refractivity contribution is 6.00. The molecule has 0 radical (unpaired) electrons. The van der Waals surface area contributed by atoms with E-state index in [0.717, 1.165) is 22.9 Å². The molecule has 0 saturated heterocycles. The number of aryl methyl sites for hydroxylation is 1. The second-order valence-electron chi connectivity index (χ2n) is 7.84. The molecule has 1 heterocycles. The van der Waals surface area contributed by atoms with Crippen LogP contribution in [0.15, 0.2) is 48.5 Å². The van der Waals surface area contributed by atoms with Crippen molar-refractivity contribution >= 4 is 22.8 Å². The van der Waals surface area contributed by atoms with Gasteiger partial charge in [0.05, 0.1) is 30.0 Å². The minimum absolute atomic E-state index is 0.279. The smallest absolute Gasteiger partial charge is 0.349 e. The second kappa shape index (κ2) is 9.81. The van der Waals surface area contributed by atoms with Gasteiger partial charge in [-0.25, -0.2) is 14.6 Å². The topological polar surface area (TPSA) is 74.7 Å². The molecule has 168 valence electrons. The van der Waals surface area contributed by atoms with Crippen LogP contribution < -0.4 is 4.74 Å². The van der Waals surface area contributed by atoms with Crippen LogP contribution in [-0.2, 0) is 20.7 Å². The van der Waals surface area contributed by atoms with E-state index in [1.54, 1.807) is 39.8 Å². The average Bonchev–Trinajstić information content (AvgIpc) is 2.78. The van der Waals surface area contributed by atoms with E-state index in [9.17, 15) is 9.59 Å². The van der Waals surface area contributed by atoms with Gasteiger partial charge in [-0.2, -0.15) is 0 Å². The maximum atomic E-state index is 12.7. The third kappa shape index (κ3) is 5.07. The molecule has 0 atom stereocenters. The number of fused-ring (bicyclic) bond motifs is 1. The Morgan fingerprint density at radius 1 is 0.906 bits per heavy atom. The number of pyridine rings is 1. The molecule has 0 aliphatic heterocycles. The Kier molecular flexibility index (Phi) is 7.13. The van der Waals surface area contributed by atoms with E-state index in [2.05, 4.69) is 6.92 Å². The third-order valence-electron chi connectivity index (χ3n) is 5.05. The number of carbonyl (C=O) groups is 2. The summed E-state index contributed by atoms with van der Waals surface area (Å²) in [4.78, 5) is 29.6. The molecule has 3 rings (SSSR count). The Labute approximate surface area is 188 Å². The van der Waals surface area contributed by atoms with Crippen molar-refractivity contribution in [2.45, 2.75) is 46.6 Å². The summed E-state index contributed by atoms with van der Waals surface area (Å²) in [5.41, 5.74) is 2.55. The first-order valence-electron chi connectivity index (χ1n) is 10.9. The maximum Gasteiger partial charge on any atom is 0.349 e. The predicted octanol–water partition coefficient (Wildman–Crippen LogP) is 5.36. The van der Waals surface area contributed by atoms with Crippen molar-refractivity contribution in [2.24, 2.45) is 0 Å². The number of hydrogen-bond acceptors (Lipinski definition) is 6. The molecule has 0 unspecified atom stereocenters. The lowest BCUT2D eigenvalue weighted by molar-refractivity contribution is -0.158. The molecule has 3 aromatic rings. The molecule has 0 saturated carbocycles. The summed E-state index contributed by atoms with van der Waals surface area (Å²) >= 11 is 0. The predicted molar refractivity (Wildman–Crippen MR) is 124 cm³/mol. The summed E-state index contributed by atoms with van der Waals surface area (Å²) in [5.74, 6) is -0.336. The number of benzene rings is 2. The standard InChI is InChI=1S/C26H29NO5/c1-6-17-9-14-22-19(15-17)16-21(24(28)30-7-2)23(27-22)18-10-12-20(13-11-18)32-26(4,5)25(29)31-8-3/h9-16H,6-8H2,1-5H3. The molecule has 1 aromatic heterocycles. The minimum Gasteiger partial charge on any atom is -0.476 e. The average molecular weight is 436 g/mol. The van der Waals surface area contributed by atoms with E-state index in [1.165, 1.54) is 5.56 Å². The number of ether oxygens (including phenoxy) is 3. The Balaban J connectivity index is 1.99. The first-order chi connectivity index (χ1) is 15.3. The van der Waals surface area contributed by atoms with Crippen LogP contribution in [0.2, 0.25) is 0 Å². The fourth-order valence-electron chi connectivity index (χ4n) is 3.35. The van der Waals surface area contributed by atoms with Crippen LogP contribution in [0, 0.1) is 0 Å². The Bertz CT molecular complexity index is 1120. The van der Waals surface area contributed by atoms with Crippen molar-refractivity contribution in [3.8, 4) is 17.0 Å². The molecular formula is C26H29NO5. The highest BCUT2D eigenvalue weighted by atomic mass is 16.6. The summed E-state index contributed by atoms with van der Waals surface area (Å²) < 4.78 is 16.2. The van der Waals surface area contributed by atoms with Crippen LogP contribution in [0.5, 0.6) is 5.75 Å². The monoisotopic (exact) mass is 435 g/mol. The van der Waals surface area contributed by atoms with Gasteiger partial charge in [0.1, 0.15) is 5.75 Å². The molecule has 0 bridgehead atoms. The van der Waals surface area contributed by atoms with E-state index in [-0.39, 0.29) is 13.2 Å². The van der Waals surface area contributed by atoms with Gasteiger partial charge in [-0.05, 0) is 82.1 Å². The molecule has 0 amide bonds. The van der Waals surface area contributed by atoms with E-state index in [1.807, 2.05) is 36.4 Å². The van der Waals surface area contributed by atoms with E-state index in [0.29, 0.717) is 17.0 Å². The fraction of sp³-hybridized carbons (Fsp3) is 0.346. The van der Waals surface area contributed by atoms with Crippen LogP contribution in [-0.4, -0.2) is 35.7 Å². The molecule has 6 nitrogen and oxygen atoms in total. The van der Waals surface area contributed by atoms with Crippen molar-refractivity contribution in [1.29, 1.82) is 0 Å². The minimum atomic E-state index is -1.12. The Morgan fingerprint density at radius 3 is 2.22 bits per heavy atom. The van der Waals surface area contributed by atoms with Gasteiger partial charge in [-0.15, -0.1) is 0 Å². The maximum absolute atomic E-state index is 12.7. The van der Waals surface area contributed by atoms with Crippen molar-refractivity contribution in [3.63, 3.8) is 0 Å². The first-order valence-corrected chi connectivity index (χ1v) is 10.9. The normalized spacial score (nSPS) is 11.3. The molecule has 0 spiro atoms. The zero-order chi connectivity index (χ0) is 23.3. The van der Waals surface area contributed by atoms with Gasteiger partial charge in [0.15, 0.2) is 5.60 Å². The molecule has 0 aliphatic rings. The number of nitrogens with zero attached hydrogens (tertiary/aromatic N) is 1. The van der Waals surface area contributed by atoms with E-state index >= 15 is 0 Å². The molecule has 32 heavy (non-hydrogen) atoms. The van der Waals surface area contributed by atoms with Crippen molar-refractivity contribution in [1.82, 2.24) is 4.98 Å². The van der Waals surface area contributed by atoms with Crippen molar-refractivity contribution < 1.29 is 23.8 Å². The zero-order valence-corrected chi connectivity index (χ0v) is 19.2. The van der Waals surface area contributed by atoms with Gasteiger partial charge in [-0.3, -0.25) is 0 Å². The summed E-state index contributed by atoms with van der Waals surface area (Å²) in [7, 11) is 0. The van der Waals surface area contributed by atoms with Crippen molar-refractivity contribution in [2.75, 3.05) is 13.2 Å². The molecule has 0 aliphatic carbocycles. The number of rotatable bonds is 8. The van der Waals surface area contributed by atoms with Crippen LogP contribution in [0.25, 0.3) is 22.2 Å². The van der Waals surface area contributed by atoms with Gasteiger partial charge in [0.25, 0.3) is 0 Å². The van der Waals surface area contributed by atoms with Gasteiger partial charge in [0, 0.05) is 10.9 Å². The van der Waals surface area contributed by atoms with Crippen LogP contribution in [0.1, 0.15) is 50.5 Å². The van der Waals surface area contributed by atoms with Gasteiger partial charge >= 0.3 is 11.9 Å². The second-order valence-corrected chi connectivity index (χ2v) is 7.84. The lowest BCUT2D eigenvalue weighted by Gasteiger charge is -2.24.